The Morgan fingerprint density at radius 1 is 1.18 bits per heavy atom. The Morgan fingerprint density at radius 2 is 1.95 bits per heavy atom. The molecular weight excluding hydrogens is 314 g/mol. The number of aliphatic hydroxyl groups is 4. The van der Waals surface area contributed by atoms with Crippen LogP contribution in [0.5, 0.6) is 5.75 Å². The first-order valence-corrected chi connectivity index (χ1v) is 7.13. The van der Waals surface area contributed by atoms with Gasteiger partial charge in [0.25, 0.3) is 0 Å². The second-order valence-corrected chi connectivity index (χ2v) is 5.59. The summed E-state index contributed by atoms with van der Waals surface area (Å²) in [5.74, 6) is 0.399. The van der Waals surface area contributed by atoms with Gasteiger partial charge in [-0.3, -0.25) is 0 Å². The summed E-state index contributed by atoms with van der Waals surface area (Å²) >= 11 is 5.90. The van der Waals surface area contributed by atoms with Crippen LogP contribution in [0.1, 0.15) is 0 Å². The number of H-pyrrole nitrogens is 1. The first-order chi connectivity index (χ1) is 10.5. The molecule has 1 aromatic heterocycles. The molecule has 0 spiro atoms. The van der Waals surface area contributed by atoms with E-state index >= 15 is 0 Å². The lowest BCUT2D eigenvalue weighted by Crippen LogP contribution is -2.60. The molecule has 0 radical (unpaired) electrons. The highest BCUT2D eigenvalue weighted by Crippen LogP contribution is 2.31. The maximum absolute atomic E-state index is 9.96. The summed E-state index contributed by atoms with van der Waals surface area (Å²) in [4.78, 5) is 2.97. The average Bonchev–Trinajstić information content (AvgIpc) is 2.90. The van der Waals surface area contributed by atoms with Crippen LogP contribution in [0.15, 0.2) is 24.4 Å². The normalized spacial score (nSPS) is 32.3. The molecule has 0 amide bonds. The van der Waals surface area contributed by atoms with Gasteiger partial charge in [0.15, 0.2) is 0 Å². The molecule has 2 aromatic rings. The first-order valence-electron chi connectivity index (χ1n) is 6.75. The van der Waals surface area contributed by atoms with Gasteiger partial charge in [-0.1, -0.05) is 11.6 Å². The lowest BCUT2D eigenvalue weighted by atomic mass is 9.99. The maximum atomic E-state index is 9.96. The van der Waals surface area contributed by atoms with E-state index in [9.17, 15) is 15.3 Å². The zero-order valence-corrected chi connectivity index (χ0v) is 12.1. The Bertz CT molecular complexity index is 660. The van der Waals surface area contributed by atoms with Crippen LogP contribution in [0.3, 0.4) is 0 Å². The third-order valence-electron chi connectivity index (χ3n) is 3.70. The number of aromatic nitrogens is 1. The number of nitrogens with one attached hydrogen (secondary N) is 1. The smallest absolute Gasteiger partial charge is 0.229 e. The predicted molar refractivity (Wildman–Crippen MR) is 77.7 cm³/mol. The third-order valence-corrected chi connectivity index (χ3v) is 3.93. The number of halogens is 1. The molecule has 5 N–H and O–H groups in total. The van der Waals surface area contributed by atoms with Crippen LogP contribution >= 0.6 is 11.6 Å². The van der Waals surface area contributed by atoms with Gasteiger partial charge in [0.2, 0.25) is 6.29 Å². The Morgan fingerprint density at radius 3 is 2.68 bits per heavy atom. The van der Waals surface area contributed by atoms with Gasteiger partial charge in [0.05, 0.1) is 12.1 Å². The highest BCUT2D eigenvalue weighted by atomic mass is 35.5. The van der Waals surface area contributed by atoms with E-state index in [1.807, 2.05) is 0 Å². The number of aromatic amines is 1. The van der Waals surface area contributed by atoms with Crippen LogP contribution in [0.4, 0.5) is 0 Å². The van der Waals surface area contributed by atoms with Crippen LogP contribution in [-0.2, 0) is 4.74 Å². The first kappa shape index (κ1) is 15.5. The zero-order valence-electron chi connectivity index (χ0n) is 11.4. The van der Waals surface area contributed by atoms with Gasteiger partial charge in [-0.25, -0.2) is 0 Å². The van der Waals surface area contributed by atoms with Crippen molar-refractivity contribution in [3.8, 4) is 5.75 Å². The maximum Gasteiger partial charge on any atom is 0.229 e. The molecule has 1 aliphatic heterocycles. The number of rotatable bonds is 3. The standard InChI is InChI=1S/C14H16ClNO6/c15-6-1-2-7-8(3-6)16-4-9(7)21-14-13(20)12(19)11(18)10(5-17)22-14/h1-4,10-14,16-20H,5H2/t10-,11-,12-,13+,14+/m1/s1. The Hall–Kier alpha value is -1.35. The summed E-state index contributed by atoms with van der Waals surface area (Å²) in [6.07, 6.45) is -5.00. The molecule has 0 unspecified atom stereocenters. The monoisotopic (exact) mass is 329 g/mol. The number of aliphatic hydroxyl groups excluding tert-OH is 4. The molecule has 7 nitrogen and oxygen atoms in total. The minimum Gasteiger partial charge on any atom is -0.460 e. The molecule has 22 heavy (non-hydrogen) atoms. The minimum atomic E-state index is -1.48. The fraction of sp³-hybridized carbons (Fsp3) is 0.429. The summed E-state index contributed by atoms with van der Waals surface area (Å²) < 4.78 is 10.9. The molecule has 3 rings (SSSR count). The van der Waals surface area contributed by atoms with Crippen molar-refractivity contribution in [2.24, 2.45) is 0 Å². The topological polar surface area (TPSA) is 115 Å². The Labute approximate surface area is 130 Å². The number of benzene rings is 1. The summed E-state index contributed by atoms with van der Waals surface area (Å²) in [6.45, 7) is -0.506. The van der Waals surface area contributed by atoms with Crippen molar-refractivity contribution in [3.05, 3.63) is 29.4 Å². The second-order valence-electron chi connectivity index (χ2n) is 5.16. The quantitative estimate of drug-likeness (QED) is 0.541. The van der Waals surface area contributed by atoms with Gasteiger partial charge in [0.1, 0.15) is 30.2 Å². The molecule has 5 atom stereocenters. The Balaban J connectivity index is 1.84. The van der Waals surface area contributed by atoms with Gasteiger partial charge in [-0.2, -0.15) is 0 Å². The van der Waals surface area contributed by atoms with E-state index < -0.39 is 37.3 Å². The summed E-state index contributed by atoms with van der Waals surface area (Å²) in [6, 6.07) is 5.16. The average molecular weight is 330 g/mol. The van der Waals surface area contributed by atoms with Crippen molar-refractivity contribution < 1.29 is 29.9 Å². The fourth-order valence-electron chi connectivity index (χ4n) is 2.46. The summed E-state index contributed by atoms with van der Waals surface area (Å²) in [5, 5.41) is 39.9. The lowest BCUT2D eigenvalue weighted by molar-refractivity contribution is -0.277. The largest absolute Gasteiger partial charge is 0.460 e. The zero-order chi connectivity index (χ0) is 15.9. The van der Waals surface area contributed by atoms with Crippen LogP contribution in [0.25, 0.3) is 10.9 Å². The number of hydrogen-bond donors (Lipinski definition) is 5. The van der Waals surface area contributed by atoms with Gasteiger partial charge in [-0.05, 0) is 18.2 Å². The van der Waals surface area contributed by atoms with E-state index in [2.05, 4.69) is 4.98 Å². The van der Waals surface area contributed by atoms with E-state index in [0.717, 1.165) is 10.9 Å². The van der Waals surface area contributed by atoms with Crippen molar-refractivity contribution in [1.29, 1.82) is 0 Å². The van der Waals surface area contributed by atoms with E-state index in [1.54, 1.807) is 24.4 Å². The summed E-state index contributed by atoms with van der Waals surface area (Å²) in [7, 11) is 0. The molecule has 2 heterocycles. The minimum absolute atomic E-state index is 0.399. The van der Waals surface area contributed by atoms with Crippen LogP contribution in [-0.4, -0.2) is 62.7 Å². The molecule has 0 aliphatic carbocycles. The molecule has 0 saturated carbocycles. The molecule has 1 fully saturated rings. The van der Waals surface area contributed by atoms with Gasteiger partial charge >= 0.3 is 0 Å². The number of fused-ring (bicyclic) bond motifs is 1. The fourth-order valence-corrected chi connectivity index (χ4v) is 2.63. The lowest BCUT2D eigenvalue weighted by Gasteiger charge is -2.39. The summed E-state index contributed by atoms with van der Waals surface area (Å²) in [5.41, 5.74) is 0.743. The van der Waals surface area contributed by atoms with E-state index in [1.165, 1.54) is 0 Å². The molecular formula is C14H16ClNO6. The van der Waals surface area contributed by atoms with Crippen molar-refractivity contribution in [1.82, 2.24) is 4.98 Å². The highest BCUT2D eigenvalue weighted by molar-refractivity contribution is 6.31. The van der Waals surface area contributed by atoms with E-state index in [4.69, 9.17) is 26.2 Å². The molecule has 1 aliphatic rings. The van der Waals surface area contributed by atoms with Gasteiger partial charge in [-0.15, -0.1) is 0 Å². The van der Waals surface area contributed by atoms with Crippen LogP contribution < -0.4 is 4.74 Å². The third kappa shape index (κ3) is 2.67. The van der Waals surface area contributed by atoms with E-state index in [0.29, 0.717) is 10.8 Å². The molecule has 120 valence electrons. The van der Waals surface area contributed by atoms with Gasteiger partial charge < -0.3 is 34.9 Å². The molecule has 1 aromatic carbocycles. The molecule has 1 saturated heterocycles. The van der Waals surface area contributed by atoms with Crippen molar-refractivity contribution >= 4 is 22.5 Å². The number of ether oxygens (including phenoxy) is 2. The highest BCUT2D eigenvalue weighted by Gasteiger charge is 2.44. The van der Waals surface area contributed by atoms with Crippen molar-refractivity contribution in [2.45, 2.75) is 30.7 Å². The Kier molecular flexibility index (Phi) is 4.26. The second kappa shape index (κ2) is 6.04. The van der Waals surface area contributed by atoms with Crippen LogP contribution in [0, 0.1) is 0 Å². The van der Waals surface area contributed by atoms with E-state index in [-0.39, 0.29) is 0 Å². The van der Waals surface area contributed by atoms with Crippen molar-refractivity contribution in [2.75, 3.05) is 6.61 Å². The van der Waals surface area contributed by atoms with Gasteiger partial charge in [0, 0.05) is 16.6 Å². The molecule has 8 heteroatoms. The van der Waals surface area contributed by atoms with Crippen molar-refractivity contribution in [3.63, 3.8) is 0 Å². The predicted octanol–water partition coefficient (Wildman–Crippen LogP) is -0.000000000000000278. The van der Waals surface area contributed by atoms with Crippen LogP contribution in [0.2, 0.25) is 5.02 Å². The SMILES string of the molecule is OC[C@H]1O[C@H](Oc2c[nH]c3cc(Cl)ccc23)[C@@H](O)[C@H](O)[C@@H]1O. The molecule has 0 bridgehead atoms. The number of hydrogen-bond acceptors (Lipinski definition) is 6.